The molecule has 26 heavy (non-hydrogen) atoms. The van der Waals surface area contributed by atoms with Gasteiger partial charge in [-0.3, -0.25) is 5.32 Å². The van der Waals surface area contributed by atoms with E-state index in [9.17, 15) is 13.2 Å². The average molecular weight is 436 g/mol. The second-order valence-electron chi connectivity index (χ2n) is 5.63. The van der Waals surface area contributed by atoms with Crippen molar-refractivity contribution in [2.24, 2.45) is 0 Å². The molecular weight excluding hydrogens is 421 g/mol. The van der Waals surface area contributed by atoms with Crippen molar-refractivity contribution in [3.05, 3.63) is 38.3 Å². The van der Waals surface area contributed by atoms with Gasteiger partial charge in [0.15, 0.2) is 5.13 Å². The quantitative estimate of drug-likeness (QED) is 0.793. The van der Waals surface area contributed by atoms with Crippen molar-refractivity contribution in [2.75, 3.05) is 19.0 Å². The summed E-state index contributed by atoms with van der Waals surface area (Å²) < 4.78 is 31.9. The number of rotatable bonds is 3. The fourth-order valence-corrected chi connectivity index (χ4v) is 5.84. The molecule has 0 spiro atoms. The number of thiazole rings is 1. The van der Waals surface area contributed by atoms with Gasteiger partial charge in [0.2, 0.25) is 10.0 Å². The van der Waals surface area contributed by atoms with Crippen LogP contribution in [-0.2, 0) is 27.7 Å². The lowest BCUT2D eigenvalue weighted by Gasteiger charge is -2.26. The highest BCUT2D eigenvalue weighted by Gasteiger charge is 2.32. The van der Waals surface area contributed by atoms with Crippen LogP contribution in [0.3, 0.4) is 0 Å². The largest absolute Gasteiger partial charge is 0.453 e. The standard InChI is InChI=1S/C15H15Cl2N3O4S2/c1-8-5-13(10(17)6-9(8)16)26(22,23)20-4-3-11-12(7-20)25-14(18-11)19-15(21)24-2/h5-6H,3-4,7H2,1-2H3,(H,18,19,21). The Balaban J connectivity index is 1.88. The number of ether oxygens (including phenoxy) is 1. The first-order valence-electron chi connectivity index (χ1n) is 7.51. The monoisotopic (exact) mass is 435 g/mol. The number of carbonyl (C=O) groups excluding carboxylic acids is 1. The lowest BCUT2D eigenvalue weighted by molar-refractivity contribution is 0.187. The lowest BCUT2D eigenvalue weighted by atomic mass is 10.2. The smallest absolute Gasteiger partial charge is 0.413 e. The van der Waals surface area contributed by atoms with Gasteiger partial charge in [-0.15, -0.1) is 0 Å². The first-order chi connectivity index (χ1) is 12.2. The normalized spacial score (nSPS) is 14.8. The van der Waals surface area contributed by atoms with Crippen LogP contribution in [0.4, 0.5) is 9.93 Å². The molecule has 1 N–H and O–H groups in total. The molecule has 1 amide bonds. The summed E-state index contributed by atoms with van der Waals surface area (Å²) in [4.78, 5) is 16.4. The van der Waals surface area contributed by atoms with Gasteiger partial charge in [-0.05, 0) is 24.6 Å². The Bertz CT molecular complexity index is 976. The van der Waals surface area contributed by atoms with Gasteiger partial charge in [0.25, 0.3) is 0 Å². The zero-order valence-corrected chi connectivity index (χ0v) is 17.0. The van der Waals surface area contributed by atoms with Crippen LogP contribution in [0.2, 0.25) is 10.0 Å². The van der Waals surface area contributed by atoms with Crippen molar-refractivity contribution in [3.63, 3.8) is 0 Å². The predicted molar refractivity (Wildman–Crippen MR) is 101 cm³/mol. The molecule has 0 aliphatic carbocycles. The Labute approximate surface area is 164 Å². The number of methoxy groups -OCH3 is 1. The summed E-state index contributed by atoms with van der Waals surface area (Å²) in [7, 11) is -2.52. The van der Waals surface area contributed by atoms with Gasteiger partial charge in [0.05, 0.1) is 24.4 Å². The second-order valence-corrected chi connectivity index (χ2v) is 9.43. The number of nitrogens with one attached hydrogen (secondary N) is 1. The highest BCUT2D eigenvalue weighted by molar-refractivity contribution is 7.89. The van der Waals surface area contributed by atoms with Gasteiger partial charge in [0.1, 0.15) is 4.90 Å². The molecule has 11 heteroatoms. The van der Waals surface area contributed by atoms with Gasteiger partial charge in [-0.25, -0.2) is 18.2 Å². The third-order valence-electron chi connectivity index (χ3n) is 3.92. The molecule has 0 fully saturated rings. The van der Waals surface area contributed by atoms with Gasteiger partial charge < -0.3 is 4.74 Å². The molecule has 0 saturated heterocycles. The summed E-state index contributed by atoms with van der Waals surface area (Å²) in [6.45, 7) is 2.16. The van der Waals surface area contributed by atoms with E-state index in [4.69, 9.17) is 23.2 Å². The molecule has 2 heterocycles. The Hall–Kier alpha value is -1.39. The first-order valence-corrected chi connectivity index (χ1v) is 10.5. The number of nitrogens with zero attached hydrogens (tertiary/aromatic N) is 2. The summed E-state index contributed by atoms with van der Waals surface area (Å²) in [6.07, 6.45) is -0.179. The van der Waals surface area contributed by atoms with E-state index >= 15 is 0 Å². The van der Waals surface area contributed by atoms with Crippen molar-refractivity contribution >= 4 is 55.8 Å². The Morgan fingerprint density at radius 3 is 2.77 bits per heavy atom. The molecule has 7 nitrogen and oxygen atoms in total. The third-order valence-corrected chi connectivity index (χ3v) is 7.64. The molecule has 3 rings (SSSR count). The van der Waals surface area contributed by atoms with Gasteiger partial charge in [-0.2, -0.15) is 4.31 Å². The number of benzene rings is 1. The summed E-state index contributed by atoms with van der Waals surface area (Å²) in [5.74, 6) is 0. The number of hydrogen-bond acceptors (Lipinski definition) is 6. The van der Waals surface area contributed by atoms with Crippen LogP contribution in [-0.4, -0.2) is 37.5 Å². The summed E-state index contributed by atoms with van der Waals surface area (Å²) in [5.41, 5.74) is 1.40. The number of amides is 1. The van der Waals surface area contributed by atoms with Crippen molar-refractivity contribution in [2.45, 2.75) is 24.8 Å². The van der Waals surface area contributed by atoms with E-state index < -0.39 is 16.1 Å². The average Bonchev–Trinajstić information content (AvgIpc) is 2.99. The van der Waals surface area contributed by atoms with E-state index in [1.165, 1.54) is 34.9 Å². The fourth-order valence-electron chi connectivity index (χ4n) is 2.54. The molecule has 2 aromatic rings. The van der Waals surface area contributed by atoms with Crippen LogP contribution in [0, 0.1) is 6.92 Å². The summed E-state index contributed by atoms with van der Waals surface area (Å²) in [6, 6.07) is 2.91. The molecule has 0 radical (unpaired) electrons. The van der Waals surface area contributed by atoms with Gasteiger partial charge in [-0.1, -0.05) is 34.5 Å². The number of aryl methyl sites for hydroxylation is 1. The van der Waals surface area contributed by atoms with Crippen molar-refractivity contribution in [1.82, 2.24) is 9.29 Å². The number of sulfonamides is 1. The minimum Gasteiger partial charge on any atom is -0.453 e. The zero-order valence-electron chi connectivity index (χ0n) is 13.9. The van der Waals surface area contributed by atoms with Crippen LogP contribution < -0.4 is 5.32 Å². The number of aromatic nitrogens is 1. The van der Waals surface area contributed by atoms with Crippen LogP contribution in [0.25, 0.3) is 0 Å². The molecule has 1 aromatic carbocycles. The van der Waals surface area contributed by atoms with Gasteiger partial charge >= 0.3 is 6.09 Å². The number of hydrogen-bond donors (Lipinski definition) is 1. The van der Waals surface area contributed by atoms with Crippen LogP contribution in [0.1, 0.15) is 16.1 Å². The van der Waals surface area contributed by atoms with E-state index in [-0.39, 0.29) is 23.0 Å². The molecule has 1 aliphatic rings. The molecule has 0 saturated carbocycles. The molecule has 0 bridgehead atoms. The third kappa shape index (κ3) is 3.67. The highest BCUT2D eigenvalue weighted by Crippen LogP contribution is 2.34. The molecular formula is C15H15Cl2N3O4S2. The number of carbonyl (C=O) groups is 1. The first kappa shape index (κ1) is 19.4. The zero-order chi connectivity index (χ0) is 19.1. The Morgan fingerprint density at radius 1 is 1.35 bits per heavy atom. The fraction of sp³-hybridized carbons (Fsp3) is 0.333. The highest BCUT2D eigenvalue weighted by atomic mass is 35.5. The maximum Gasteiger partial charge on any atom is 0.413 e. The molecule has 1 aliphatic heterocycles. The lowest BCUT2D eigenvalue weighted by Crippen LogP contribution is -2.35. The van der Waals surface area contributed by atoms with Crippen molar-refractivity contribution < 1.29 is 17.9 Å². The van der Waals surface area contributed by atoms with Crippen molar-refractivity contribution in [3.8, 4) is 0 Å². The predicted octanol–water partition coefficient (Wildman–Crippen LogP) is 3.68. The van der Waals surface area contributed by atoms with Gasteiger partial charge in [0, 0.05) is 22.9 Å². The number of anilines is 1. The van der Waals surface area contributed by atoms with E-state index in [2.05, 4.69) is 15.0 Å². The molecule has 1 aromatic heterocycles. The molecule has 0 unspecified atom stereocenters. The second kappa shape index (κ2) is 7.32. The van der Waals surface area contributed by atoms with Crippen LogP contribution in [0.5, 0.6) is 0 Å². The maximum absolute atomic E-state index is 13.0. The van der Waals surface area contributed by atoms with E-state index in [1.54, 1.807) is 6.92 Å². The SMILES string of the molecule is COC(=O)Nc1nc2c(s1)CN(S(=O)(=O)c1cc(C)c(Cl)cc1Cl)CC2. The number of halogens is 2. The number of fused-ring (bicyclic) bond motifs is 1. The molecule has 140 valence electrons. The Kier molecular flexibility index (Phi) is 5.45. The minimum absolute atomic E-state index is 0.0296. The summed E-state index contributed by atoms with van der Waals surface area (Å²) in [5, 5.41) is 3.38. The minimum atomic E-state index is -3.78. The Morgan fingerprint density at radius 2 is 2.08 bits per heavy atom. The molecule has 0 atom stereocenters. The maximum atomic E-state index is 13.0. The van der Waals surface area contributed by atoms with Crippen LogP contribution in [0.15, 0.2) is 17.0 Å². The topological polar surface area (TPSA) is 88.6 Å². The van der Waals surface area contributed by atoms with E-state index in [1.807, 2.05) is 0 Å². The van der Waals surface area contributed by atoms with E-state index in [0.717, 1.165) is 10.6 Å². The van der Waals surface area contributed by atoms with E-state index in [0.29, 0.717) is 22.1 Å². The van der Waals surface area contributed by atoms with Crippen molar-refractivity contribution in [1.29, 1.82) is 0 Å². The summed E-state index contributed by atoms with van der Waals surface area (Å²) >= 11 is 13.3. The van der Waals surface area contributed by atoms with Crippen LogP contribution >= 0.6 is 34.5 Å².